The molecule has 0 unspecified atom stereocenters. The van der Waals surface area contributed by atoms with E-state index in [1.807, 2.05) is 6.07 Å². The average Bonchev–Trinajstić information content (AvgIpc) is 3.39. The molecule has 1 aromatic heterocycles. The van der Waals surface area contributed by atoms with E-state index in [0.29, 0.717) is 34.9 Å². The molecule has 2 aromatic carbocycles. The van der Waals surface area contributed by atoms with Gasteiger partial charge in [-0.3, -0.25) is 4.79 Å². The fourth-order valence-corrected chi connectivity index (χ4v) is 3.80. The number of carbonyl (C=O) groups excluding carboxylic acids is 2. The Morgan fingerprint density at radius 3 is 2.73 bits per heavy atom. The first-order chi connectivity index (χ1) is 14.6. The number of amides is 3. The van der Waals surface area contributed by atoms with E-state index < -0.39 is 0 Å². The van der Waals surface area contributed by atoms with Gasteiger partial charge < -0.3 is 16.0 Å². The minimum absolute atomic E-state index is 0.0729. The van der Waals surface area contributed by atoms with Gasteiger partial charge in [0.25, 0.3) is 5.91 Å². The van der Waals surface area contributed by atoms with Crippen LogP contribution in [0.15, 0.2) is 42.5 Å². The highest BCUT2D eigenvalue weighted by Crippen LogP contribution is 2.20. The van der Waals surface area contributed by atoms with E-state index >= 15 is 0 Å². The Bertz CT molecular complexity index is 1060. The van der Waals surface area contributed by atoms with Crippen LogP contribution in [0.5, 0.6) is 0 Å². The van der Waals surface area contributed by atoms with Gasteiger partial charge in [-0.15, -0.1) is 5.10 Å². The number of para-hydroxylation sites is 1. The molecule has 1 heterocycles. The summed E-state index contributed by atoms with van der Waals surface area (Å²) in [6.07, 6.45) is 4.42. The predicted molar refractivity (Wildman–Crippen MR) is 116 cm³/mol. The van der Waals surface area contributed by atoms with Gasteiger partial charge in [-0.25, -0.2) is 9.48 Å². The van der Waals surface area contributed by atoms with Crippen LogP contribution in [0.4, 0.5) is 10.5 Å². The second-order valence-corrected chi connectivity index (χ2v) is 7.74. The van der Waals surface area contributed by atoms with Gasteiger partial charge in [0.15, 0.2) is 0 Å². The molecule has 0 atom stereocenters. The zero-order valence-corrected chi connectivity index (χ0v) is 17.2. The molecule has 4 rings (SSSR count). The molecule has 0 aliphatic heterocycles. The molecule has 0 bridgehead atoms. The number of nitrogens with one attached hydrogen (secondary N) is 3. The standard InChI is InChI=1S/C21H23ClN6O2/c22-16-7-3-4-8-17(16)25-21(30)23-11-12-28-19-10-9-14(13-18(19)26-27-28)20(29)24-15-5-1-2-6-15/h3-4,7-10,13,15H,1-2,5-6,11-12H2,(H,24,29)(H2,23,25,30). The maximum atomic E-state index is 12.4. The quantitative estimate of drug-likeness (QED) is 0.560. The Labute approximate surface area is 179 Å². The van der Waals surface area contributed by atoms with Crippen LogP contribution in [-0.2, 0) is 6.54 Å². The highest BCUT2D eigenvalue weighted by molar-refractivity contribution is 6.33. The molecule has 1 fully saturated rings. The van der Waals surface area contributed by atoms with Crippen LogP contribution in [-0.4, -0.2) is 39.5 Å². The second-order valence-electron chi connectivity index (χ2n) is 7.33. The Balaban J connectivity index is 1.33. The maximum Gasteiger partial charge on any atom is 0.319 e. The summed E-state index contributed by atoms with van der Waals surface area (Å²) in [6.45, 7) is 0.804. The van der Waals surface area contributed by atoms with E-state index in [4.69, 9.17) is 11.6 Å². The lowest BCUT2D eigenvalue weighted by Gasteiger charge is -2.11. The van der Waals surface area contributed by atoms with Gasteiger partial charge in [0.1, 0.15) is 5.52 Å². The van der Waals surface area contributed by atoms with Crippen molar-refractivity contribution < 1.29 is 9.59 Å². The topological polar surface area (TPSA) is 101 Å². The number of rotatable bonds is 6. The lowest BCUT2D eigenvalue weighted by Crippen LogP contribution is -2.32. The lowest BCUT2D eigenvalue weighted by atomic mass is 10.1. The zero-order chi connectivity index (χ0) is 20.9. The molecule has 0 radical (unpaired) electrons. The first-order valence-electron chi connectivity index (χ1n) is 10.0. The van der Waals surface area contributed by atoms with Gasteiger partial charge in [-0.1, -0.05) is 41.8 Å². The third kappa shape index (κ3) is 4.71. The van der Waals surface area contributed by atoms with E-state index in [1.165, 1.54) is 12.8 Å². The van der Waals surface area contributed by atoms with Crippen molar-refractivity contribution in [3.8, 4) is 0 Å². The molecule has 3 aromatic rings. The highest BCUT2D eigenvalue weighted by atomic mass is 35.5. The molecular formula is C21H23ClN6O2. The van der Waals surface area contributed by atoms with Crippen molar-refractivity contribution in [1.29, 1.82) is 0 Å². The number of urea groups is 1. The van der Waals surface area contributed by atoms with Gasteiger partial charge in [0, 0.05) is 18.2 Å². The minimum Gasteiger partial charge on any atom is -0.349 e. The van der Waals surface area contributed by atoms with Crippen molar-refractivity contribution in [1.82, 2.24) is 25.6 Å². The first kappa shape index (κ1) is 20.2. The van der Waals surface area contributed by atoms with Crippen molar-refractivity contribution in [3.63, 3.8) is 0 Å². The molecule has 30 heavy (non-hydrogen) atoms. The molecule has 8 nitrogen and oxygen atoms in total. The van der Waals surface area contributed by atoms with E-state index in [2.05, 4.69) is 26.3 Å². The van der Waals surface area contributed by atoms with Gasteiger partial charge >= 0.3 is 6.03 Å². The highest BCUT2D eigenvalue weighted by Gasteiger charge is 2.18. The number of fused-ring (bicyclic) bond motifs is 1. The number of aromatic nitrogens is 3. The zero-order valence-electron chi connectivity index (χ0n) is 16.4. The average molecular weight is 427 g/mol. The Morgan fingerprint density at radius 2 is 1.93 bits per heavy atom. The van der Waals surface area contributed by atoms with Crippen molar-refractivity contribution in [2.75, 3.05) is 11.9 Å². The van der Waals surface area contributed by atoms with E-state index in [9.17, 15) is 9.59 Å². The van der Waals surface area contributed by atoms with Crippen LogP contribution in [0.1, 0.15) is 36.0 Å². The molecular weight excluding hydrogens is 404 g/mol. The molecule has 1 aliphatic carbocycles. The summed E-state index contributed by atoms with van der Waals surface area (Å²) in [4.78, 5) is 24.5. The Hall–Kier alpha value is -3.13. The van der Waals surface area contributed by atoms with Crippen LogP contribution < -0.4 is 16.0 Å². The number of nitrogens with zero attached hydrogens (tertiary/aromatic N) is 3. The fourth-order valence-electron chi connectivity index (χ4n) is 3.62. The molecule has 9 heteroatoms. The normalized spacial score (nSPS) is 14.0. The summed E-state index contributed by atoms with van der Waals surface area (Å²) in [5.74, 6) is -0.0729. The SMILES string of the molecule is O=C(NCCn1nnc2cc(C(=O)NC3CCCC3)ccc21)Nc1ccccc1Cl. The number of carbonyl (C=O) groups is 2. The Morgan fingerprint density at radius 1 is 1.13 bits per heavy atom. The van der Waals surface area contributed by atoms with Crippen molar-refractivity contribution in [2.24, 2.45) is 0 Å². The largest absolute Gasteiger partial charge is 0.349 e. The summed E-state index contributed by atoms with van der Waals surface area (Å²) in [6, 6.07) is 12.3. The second kappa shape index (κ2) is 9.13. The molecule has 1 saturated carbocycles. The van der Waals surface area contributed by atoms with E-state index in [1.54, 1.807) is 41.1 Å². The monoisotopic (exact) mass is 426 g/mol. The number of hydrogen-bond donors (Lipinski definition) is 3. The number of halogens is 1. The van der Waals surface area contributed by atoms with Crippen LogP contribution >= 0.6 is 11.6 Å². The van der Waals surface area contributed by atoms with E-state index in [-0.39, 0.29) is 18.0 Å². The predicted octanol–water partition coefficient (Wildman–Crippen LogP) is 3.58. The van der Waals surface area contributed by atoms with Gasteiger partial charge in [-0.05, 0) is 43.2 Å². The summed E-state index contributed by atoms with van der Waals surface area (Å²) in [5.41, 5.74) is 2.58. The van der Waals surface area contributed by atoms with Crippen molar-refractivity contribution >= 4 is 40.3 Å². The van der Waals surface area contributed by atoms with Crippen molar-refractivity contribution in [3.05, 3.63) is 53.1 Å². The summed E-state index contributed by atoms with van der Waals surface area (Å²) in [7, 11) is 0. The van der Waals surface area contributed by atoms with Crippen molar-refractivity contribution in [2.45, 2.75) is 38.3 Å². The van der Waals surface area contributed by atoms with Crippen LogP contribution in [0.3, 0.4) is 0 Å². The fraction of sp³-hybridized carbons (Fsp3) is 0.333. The first-order valence-corrected chi connectivity index (χ1v) is 10.4. The summed E-state index contributed by atoms with van der Waals surface area (Å²) < 4.78 is 1.70. The number of anilines is 1. The Kier molecular flexibility index (Phi) is 6.13. The van der Waals surface area contributed by atoms with Crippen LogP contribution in [0.2, 0.25) is 5.02 Å². The lowest BCUT2D eigenvalue weighted by molar-refractivity contribution is 0.0938. The number of hydrogen-bond acceptors (Lipinski definition) is 4. The molecule has 0 spiro atoms. The summed E-state index contributed by atoms with van der Waals surface area (Å²) in [5, 5.41) is 17.3. The molecule has 3 N–H and O–H groups in total. The molecule has 156 valence electrons. The maximum absolute atomic E-state index is 12.4. The number of benzene rings is 2. The van der Waals surface area contributed by atoms with Gasteiger partial charge in [-0.2, -0.15) is 0 Å². The molecule has 1 aliphatic rings. The third-order valence-electron chi connectivity index (χ3n) is 5.20. The smallest absolute Gasteiger partial charge is 0.319 e. The third-order valence-corrected chi connectivity index (χ3v) is 5.53. The summed E-state index contributed by atoms with van der Waals surface area (Å²) >= 11 is 6.04. The molecule has 0 saturated heterocycles. The van der Waals surface area contributed by atoms with Gasteiger partial charge in [0.2, 0.25) is 0 Å². The van der Waals surface area contributed by atoms with Crippen LogP contribution in [0.25, 0.3) is 11.0 Å². The van der Waals surface area contributed by atoms with Gasteiger partial charge in [0.05, 0.1) is 22.8 Å². The molecule has 3 amide bonds. The van der Waals surface area contributed by atoms with E-state index in [0.717, 1.165) is 18.4 Å². The minimum atomic E-state index is -0.349. The van der Waals surface area contributed by atoms with Crippen LogP contribution in [0, 0.1) is 0 Å².